The van der Waals surface area contributed by atoms with Gasteiger partial charge in [-0.25, -0.2) is 0 Å². The number of rotatable bonds is 2. The van der Waals surface area contributed by atoms with E-state index >= 15 is 0 Å². The quantitative estimate of drug-likeness (QED) is 0.597. The molecule has 2 rings (SSSR count). The highest BCUT2D eigenvalue weighted by Gasteiger charge is 2.16. The molecule has 15 heavy (non-hydrogen) atoms. The van der Waals surface area contributed by atoms with Crippen molar-refractivity contribution < 1.29 is 4.92 Å². The van der Waals surface area contributed by atoms with Crippen molar-refractivity contribution in [2.75, 3.05) is 6.54 Å². The maximum absolute atomic E-state index is 10.6. The molecule has 0 amide bonds. The lowest BCUT2D eigenvalue weighted by Crippen LogP contribution is -2.26. The Morgan fingerprint density at radius 2 is 2.27 bits per heavy atom. The number of nitrogens with zero attached hydrogens (tertiary/aromatic N) is 1. The van der Waals surface area contributed by atoms with Crippen molar-refractivity contribution >= 4 is 5.69 Å². The summed E-state index contributed by atoms with van der Waals surface area (Å²) in [5.74, 6) is 0. The number of nitrogens with one attached hydrogen (secondary N) is 1. The van der Waals surface area contributed by atoms with Gasteiger partial charge in [0.15, 0.2) is 0 Å². The molecule has 1 aliphatic heterocycles. The normalized spacial score (nSPS) is 21.2. The van der Waals surface area contributed by atoms with E-state index in [-0.39, 0.29) is 10.6 Å². The Bertz CT molecular complexity index is 359. The zero-order valence-corrected chi connectivity index (χ0v) is 8.48. The first-order valence-electron chi connectivity index (χ1n) is 5.25. The first kappa shape index (κ1) is 10.1. The molecule has 4 heteroatoms. The van der Waals surface area contributed by atoms with Crippen LogP contribution in [-0.4, -0.2) is 11.5 Å². The maximum Gasteiger partial charge on any atom is 0.269 e. The van der Waals surface area contributed by atoms with Crippen LogP contribution < -0.4 is 5.32 Å². The van der Waals surface area contributed by atoms with Gasteiger partial charge in [0, 0.05) is 18.2 Å². The smallest absolute Gasteiger partial charge is 0.269 e. The minimum absolute atomic E-state index is 0.180. The van der Waals surface area contributed by atoms with E-state index in [0.717, 1.165) is 18.5 Å². The maximum atomic E-state index is 10.6. The van der Waals surface area contributed by atoms with Crippen LogP contribution in [0.3, 0.4) is 0 Å². The zero-order chi connectivity index (χ0) is 10.7. The van der Waals surface area contributed by atoms with Gasteiger partial charge in [-0.15, -0.1) is 0 Å². The van der Waals surface area contributed by atoms with E-state index in [1.807, 2.05) is 6.07 Å². The van der Waals surface area contributed by atoms with Crippen LogP contribution in [0.25, 0.3) is 0 Å². The average molecular weight is 206 g/mol. The Hall–Kier alpha value is -1.42. The summed E-state index contributed by atoms with van der Waals surface area (Å²) < 4.78 is 0. The average Bonchev–Trinajstić information content (AvgIpc) is 2.30. The molecular formula is C11H14N2O2. The number of piperidine rings is 1. The summed E-state index contributed by atoms with van der Waals surface area (Å²) in [6.45, 7) is 1.01. The lowest BCUT2D eigenvalue weighted by molar-refractivity contribution is -0.384. The third kappa shape index (κ3) is 2.33. The molecule has 1 heterocycles. The fourth-order valence-corrected chi connectivity index (χ4v) is 1.99. The van der Waals surface area contributed by atoms with Crippen LogP contribution in [0, 0.1) is 10.1 Å². The molecular weight excluding hydrogens is 192 g/mol. The molecule has 1 aromatic rings. The molecule has 0 spiro atoms. The number of benzene rings is 1. The van der Waals surface area contributed by atoms with Gasteiger partial charge in [0.25, 0.3) is 5.69 Å². The largest absolute Gasteiger partial charge is 0.310 e. The fourth-order valence-electron chi connectivity index (χ4n) is 1.99. The first-order chi connectivity index (χ1) is 7.27. The van der Waals surface area contributed by atoms with Gasteiger partial charge in [-0.1, -0.05) is 18.6 Å². The molecule has 0 saturated carbocycles. The monoisotopic (exact) mass is 206 g/mol. The molecule has 0 aliphatic carbocycles. The summed E-state index contributed by atoms with van der Waals surface area (Å²) in [5.41, 5.74) is 1.21. The van der Waals surface area contributed by atoms with Crippen molar-refractivity contribution in [2.24, 2.45) is 0 Å². The molecule has 1 saturated heterocycles. The highest BCUT2D eigenvalue weighted by atomic mass is 16.6. The SMILES string of the molecule is O=[N+]([O-])c1cccc([C@H]2CCCCN2)c1. The van der Waals surface area contributed by atoms with Crippen molar-refractivity contribution in [3.63, 3.8) is 0 Å². The van der Waals surface area contributed by atoms with Gasteiger partial charge >= 0.3 is 0 Å². The van der Waals surface area contributed by atoms with Gasteiger partial charge in [0.1, 0.15) is 0 Å². The fraction of sp³-hybridized carbons (Fsp3) is 0.455. The van der Waals surface area contributed by atoms with E-state index in [4.69, 9.17) is 0 Å². The van der Waals surface area contributed by atoms with Crippen LogP contribution >= 0.6 is 0 Å². The predicted molar refractivity (Wildman–Crippen MR) is 57.7 cm³/mol. The third-order valence-corrected chi connectivity index (χ3v) is 2.79. The van der Waals surface area contributed by atoms with Crippen LogP contribution in [0.1, 0.15) is 30.9 Å². The summed E-state index contributed by atoms with van der Waals surface area (Å²) in [4.78, 5) is 10.3. The molecule has 0 unspecified atom stereocenters. The number of nitro benzene ring substituents is 1. The Morgan fingerprint density at radius 3 is 2.93 bits per heavy atom. The van der Waals surface area contributed by atoms with Gasteiger partial charge in [0.05, 0.1) is 4.92 Å². The van der Waals surface area contributed by atoms with E-state index in [1.54, 1.807) is 12.1 Å². The summed E-state index contributed by atoms with van der Waals surface area (Å²) in [6.07, 6.45) is 3.47. The number of nitro groups is 1. The van der Waals surface area contributed by atoms with Crippen LogP contribution in [0.4, 0.5) is 5.69 Å². The van der Waals surface area contributed by atoms with Gasteiger partial charge in [-0.3, -0.25) is 10.1 Å². The highest BCUT2D eigenvalue weighted by molar-refractivity contribution is 5.35. The lowest BCUT2D eigenvalue weighted by Gasteiger charge is -2.23. The van der Waals surface area contributed by atoms with Crippen molar-refractivity contribution in [1.29, 1.82) is 0 Å². The summed E-state index contributed by atoms with van der Waals surface area (Å²) in [6, 6.07) is 7.20. The Morgan fingerprint density at radius 1 is 1.40 bits per heavy atom. The summed E-state index contributed by atoms with van der Waals surface area (Å²) >= 11 is 0. The van der Waals surface area contributed by atoms with E-state index in [0.29, 0.717) is 6.04 Å². The number of non-ortho nitro benzene ring substituents is 1. The predicted octanol–water partition coefficient (Wildman–Crippen LogP) is 2.41. The molecule has 0 bridgehead atoms. The van der Waals surface area contributed by atoms with Crippen LogP contribution in [0.15, 0.2) is 24.3 Å². The zero-order valence-electron chi connectivity index (χ0n) is 8.48. The third-order valence-electron chi connectivity index (χ3n) is 2.79. The second kappa shape index (κ2) is 4.40. The van der Waals surface area contributed by atoms with Crippen molar-refractivity contribution in [3.8, 4) is 0 Å². The van der Waals surface area contributed by atoms with Crippen LogP contribution in [-0.2, 0) is 0 Å². The Balaban J connectivity index is 2.19. The number of hydrogen-bond acceptors (Lipinski definition) is 3. The minimum atomic E-state index is -0.341. The highest BCUT2D eigenvalue weighted by Crippen LogP contribution is 2.25. The Kier molecular flexibility index (Phi) is 2.97. The molecule has 80 valence electrons. The van der Waals surface area contributed by atoms with Crippen molar-refractivity contribution in [3.05, 3.63) is 39.9 Å². The molecule has 1 fully saturated rings. The molecule has 1 atom stereocenters. The van der Waals surface area contributed by atoms with Crippen LogP contribution in [0.2, 0.25) is 0 Å². The van der Waals surface area contributed by atoms with Gasteiger partial charge in [-0.2, -0.15) is 0 Å². The first-order valence-corrected chi connectivity index (χ1v) is 5.25. The second-order valence-electron chi connectivity index (χ2n) is 3.85. The van der Waals surface area contributed by atoms with Crippen LogP contribution in [0.5, 0.6) is 0 Å². The Labute approximate surface area is 88.5 Å². The molecule has 0 radical (unpaired) electrons. The van der Waals surface area contributed by atoms with Gasteiger partial charge in [0.2, 0.25) is 0 Å². The molecule has 1 N–H and O–H groups in total. The molecule has 4 nitrogen and oxygen atoms in total. The topological polar surface area (TPSA) is 55.2 Å². The van der Waals surface area contributed by atoms with Gasteiger partial charge < -0.3 is 5.32 Å². The minimum Gasteiger partial charge on any atom is -0.310 e. The van der Waals surface area contributed by atoms with E-state index < -0.39 is 0 Å². The van der Waals surface area contributed by atoms with E-state index in [9.17, 15) is 10.1 Å². The number of hydrogen-bond donors (Lipinski definition) is 1. The summed E-state index contributed by atoms with van der Waals surface area (Å²) in [5, 5.41) is 14.0. The summed E-state index contributed by atoms with van der Waals surface area (Å²) in [7, 11) is 0. The van der Waals surface area contributed by atoms with E-state index in [1.165, 1.54) is 18.9 Å². The molecule has 1 aliphatic rings. The molecule has 1 aromatic carbocycles. The molecule has 0 aromatic heterocycles. The van der Waals surface area contributed by atoms with Crippen molar-refractivity contribution in [1.82, 2.24) is 5.32 Å². The standard InChI is InChI=1S/C11H14N2O2/c14-13(15)10-5-3-4-9(8-10)11-6-1-2-7-12-11/h3-5,8,11-12H,1-2,6-7H2/t11-/m1/s1. The lowest BCUT2D eigenvalue weighted by atomic mass is 9.97. The second-order valence-corrected chi connectivity index (χ2v) is 3.85. The van der Waals surface area contributed by atoms with Crippen molar-refractivity contribution in [2.45, 2.75) is 25.3 Å². The van der Waals surface area contributed by atoms with E-state index in [2.05, 4.69) is 5.32 Å². The van der Waals surface area contributed by atoms with Gasteiger partial charge in [-0.05, 0) is 24.9 Å².